The van der Waals surface area contributed by atoms with E-state index in [1.807, 2.05) is 6.08 Å². The highest BCUT2D eigenvalue weighted by Crippen LogP contribution is 2.41. The van der Waals surface area contributed by atoms with Gasteiger partial charge in [-0.25, -0.2) is 0 Å². The van der Waals surface area contributed by atoms with Crippen molar-refractivity contribution in [1.82, 2.24) is 0 Å². The molecule has 0 aromatic rings. The zero-order valence-electron chi connectivity index (χ0n) is 18.8. The first kappa shape index (κ1) is 26.4. The monoisotopic (exact) mass is 440 g/mol. The van der Waals surface area contributed by atoms with Crippen molar-refractivity contribution in [2.45, 2.75) is 97.5 Å². The summed E-state index contributed by atoms with van der Waals surface area (Å²) in [7, 11) is 0. The molecule has 5 nitrogen and oxygen atoms in total. The van der Waals surface area contributed by atoms with Crippen LogP contribution in [0.15, 0.2) is 22.8 Å². The van der Waals surface area contributed by atoms with Crippen LogP contribution in [0.2, 0.25) is 0 Å². The number of Topliss-reactive ketones (excluding diaryl/α,β-unsaturated/α-hetero) is 1. The summed E-state index contributed by atoms with van der Waals surface area (Å²) in [6.45, 7) is 7.98. The van der Waals surface area contributed by atoms with E-state index < -0.39 is 17.5 Å². The molecule has 0 aromatic heterocycles. The minimum absolute atomic E-state index is 0.0980. The zero-order valence-corrected chi connectivity index (χ0v) is 19.6. The van der Waals surface area contributed by atoms with Crippen LogP contribution in [-0.2, 0) is 19.1 Å². The fourth-order valence-corrected chi connectivity index (χ4v) is 4.13. The molecule has 0 aliphatic heterocycles. The average molecular weight is 441 g/mol. The van der Waals surface area contributed by atoms with Crippen LogP contribution in [-0.4, -0.2) is 28.4 Å². The van der Waals surface area contributed by atoms with Crippen molar-refractivity contribution in [3.63, 3.8) is 0 Å². The van der Waals surface area contributed by atoms with E-state index >= 15 is 0 Å². The molecular formula is C24H37ClO5. The molecule has 0 amide bonds. The third kappa shape index (κ3) is 9.03. The van der Waals surface area contributed by atoms with Gasteiger partial charge in [0.1, 0.15) is 0 Å². The predicted molar refractivity (Wildman–Crippen MR) is 119 cm³/mol. The van der Waals surface area contributed by atoms with E-state index in [9.17, 15) is 14.4 Å². The third-order valence-corrected chi connectivity index (χ3v) is 5.81. The molecule has 1 aliphatic rings. The molecule has 1 N–H and O–H groups in total. The Morgan fingerprint density at radius 1 is 1.13 bits per heavy atom. The molecule has 0 radical (unpaired) electrons. The van der Waals surface area contributed by atoms with Crippen molar-refractivity contribution < 1.29 is 24.2 Å². The fraction of sp³-hybridized carbons (Fsp3) is 0.708. The molecule has 30 heavy (non-hydrogen) atoms. The minimum Gasteiger partial charge on any atom is -0.481 e. The van der Waals surface area contributed by atoms with Crippen LogP contribution in [0.5, 0.6) is 0 Å². The molecular weight excluding hydrogens is 404 g/mol. The number of ether oxygens (including phenoxy) is 1. The Morgan fingerprint density at radius 2 is 1.83 bits per heavy atom. The number of esters is 1. The third-order valence-electron chi connectivity index (χ3n) is 5.53. The SMILES string of the molecule is CC(=O)OC1(CCC(C)CCCC(C)C)C=C(Cl)C(=O)/C1=C/CCCCCC(=O)O. The Hall–Kier alpha value is -1.62. The van der Waals surface area contributed by atoms with Crippen LogP contribution < -0.4 is 0 Å². The molecule has 0 aromatic carbocycles. The van der Waals surface area contributed by atoms with Crippen LogP contribution in [0.4, 0.5) is 0 Å². The van der Waals surface area contributed by atoms with Gasteiger partial charge in [-0.3, -0.25) is 14.4 Å². The van der Waals surface area contributed by atoms with Crippen molar-refractivity contribution in [2.24, 2.45) is 11.8 Å². The highest BCUT2D eigenvalue weighted by Gasteiger charge is 2.45. The number of carbonyl (C=O) groups is 3. The summed E-state index contributed by atoms with van der Waals surface area (Å²) in [4.78, 5) is 35.1. The lowest BCUT2D eigenvalue weighted by Crippen LogP contribution is -2.34. The van der Waals surface area contributed by atoms with Gasteiger partial charge in [-0.2, -0.15) is 0 Å². The van der Waals surface area contributed by atoms with E-state index in [0.717, 1.165) is 32.1 Å². The number of aliphatic carboxylic acids is 1. The number of rotatable bonds is 14. The van der Waals surface area contributed by atoms with E-state index in [-0.39, 0.29) is 17.2 Å². The summed E-state index contributed by atoms with van der Waals surface area (Å²) in [5.41, 5.74) is -0.650. The van der Waals surface area contributed by atoms with Crippen molar-refractivity contribution in [1.29, 1.82) is 0 Å². The average Bonchev–Trinajstić information content (AvgIpc) is 2.86. The molecule has 1 aliphatic carbocycles. The Labute approximate surface area is 185 Å². The second-order valence-corrected chi connectivity index (χ2v) is 9.29. The van der Waals surface area contributed by atoms with E-state index in [1.165, 1.54) is 13.3 Å². The molecule has 0 fully saturated rings. The Balaban J connectivity index is 2.82. The molecule has 0 heterocycles. The van der Waals surface area contributed by atoms with Crippen molar-refractivity contribution in [3.05, 3.63) is 22.8 Å². The molecule has 2 unspecified atom stereocenters. The number of halogens is 1. The zero-order chi connectivity index (χ0) is 22.7. The van der Waals surface area contributed by atoms with Crippen LogP contribution in [0, 0.1) is 11.8 Å². The lowest BCUT2D eigenvalue weighted by Gasteiger charge is -2.29. The Bertz CT molecular complexity index is 665. The van der Waals surface area contributed by atoms with Crippen molar-refractivity contribution in [2.75, 3.05) is 0 Å². The molecule has 0 bridgehead atoms. The summed E-state index contributed by atoms with van der Waals surface area (Å²) < 4.78 is 5.69. The van der Waals surface area contributed by atoms with Gasteiger partial charge in [0.15, 0.2) is 5.60 Å². The predicted octanol–water partition coefficient (Wildman–Crippen LogP) is 6.20. The lowest BCUT2D eigenvalue weighted by molar-refractivity contribution is -0.150. The van der Waals surface area contributed by atoms with E-state index in [2.05, 4.69) is 20.8 Å². The second-order valence-electron chi connectivity index (χ2n) is 8.88. The van der Waals surface area contributed by atoms with Gasteiger partial charge in [0.05, 0.1) is 5.03 Å². The number of allylic oxidation sites excluding steroid dienone is 2. The Morgan fingerprint density at radius 3 is 2.43 bits per heavy atom. The Kier molecular flexibility index (Phi) is 11.4. The fourth-order valence-electron chi connectivity index (χ4n) is 3.86. The minimum atomic E-state index is -1.09. The summed E-state index contributed by atoms with van der Waals surface area (Å²) in [5, 5.41) is 8.82. The van der Waals surface area contributed by atoms with Crippen LogP contribution in [0.3, 0.4) is 0 Å². The molecule has 0 saturated heterocycles. The van der Waals surface area contributed by atoms with Crippen LogP contribution >= 0.6 is 11.6 Å². The van der Waals surface area contributed by atoms with Gasteiger partial charge in [0.25, 0.3) is 0 Å². The summed E-state index contributed by atoms with van der Waals surface area (Å²) >= 11 is 6.17. The largest absolute Gasteiger partial charge is 0.481 e. The first-order valence-corrected chi connectivity index (χ1v) is 11.5. The van der Waals surface area contributed by atoms with Crippen molar-refractivity contribution in [3.8, 4) is 0 Å². The van der Waals surface area contributed by atoms with Gasteiger partial charge in [0.2, 0.25) is 5.78 Å². The topological polar surface area (TPSA) is 80.7 Å². The number of hydrogen-bond acceptors (Lipinski definition) is 4. The number of ketones is 1. The number of unbranched alkanes of at least 4 members (excludes halogenated alkanes) is 3. The number of carboxylic acids is 1. The molecule has 6 heteroatoms. The summed E-state index contributed by atoms with van der Waals surface area (Å²) in [5.74, 6) is -0.381. The number of carboxylic acid groups (broad SMARTS) is 1. The van der Waals surface area contributed by atoms with Crippen LogP contribution in [0.1, 0.15) is 91.9 Å². The molecule has 170 valence electrons. The smallest absolute Gasteiger partial charge is 0.303 e. The number of hydrogen-bond donors (Lipinski definition) is 1. The molecule has 0 spiro atoms. The van der Waals surface area contributed by atoms with Gasteiger partial charge in [-0.15, -0.1) is 0 Å². The molecule has 1 rings (SSSR count). The quantitative estimate of drug-likeness (QED) is 0.197. The first-order chi connectivity index (χ1) is 14.1. The molecule has 0 saturated carbocycles. The van der Waals surface area contributed by atoms with Gasteiger partial charge in [-0.1, -0.05) is 64.1 Å². The van der Waals surface area contributed by atoms with E-state index in [0.29, 0.717) is 36.7 Å². The lowest BCUT2D eigenvalue weighted by atomic mass is 9.85. The normalized spacial score (nSPS) is 21.2. The highest BCUT2D eigenvalue weighted by molar-refractivity contribution is 6.46. The maximum atomic E-state index is 12.7. The highest BCUT2D eigenvalue weighted by atomic mass is 35.5. The van der Waals surface area contributed by atoms with Gasteiger partial charge in [0, 0.05) is 18.9 Å². The summed E-state index contributed by atoms with van der Waals surface area (Å²) in [6, 6.07) is 0. The second kappa shape index (κ2) is 12.9. The standard InChI is InChI=1S/C24H37ClO5/c1-17(2)10-9-11-18(3)14-15-24(30-19(4)26)16-21(25)23(29)20(24)12-7-5-6-8-13-22(27)28/h12,16-18H,5-11,13-15H2,1-4H3,(H,27,28)/b20-12-. The maximum absolute atomic E-state index is 12.7. The maximum Gasteiger partial charge on any atom is 0.303 e. The molecule has 2 atom stereocenters. The van der Waals surface area contributed by atoms with E-state index in [1.54, 1.807) is 6.08 Å². The van der Waals surface area contributed by atoms with Crippen molar-refractivity contribution >= 4 is 29.3 Å². The van der Waals surface area contributed by atoms with Crippen LogP contribution in [0.25, 0.3) is 0 Å². The summed E-state index contributed by atoms with van der Waals surface area (Å²) in [6.07, 6.45) is 11.1. The van der Waals surface area contributed by atoms with Gasteiger partial charge in [-0.05, 0) is 50.0 Å². The van der Waals surface area contributed by atoms with Gasteiger partial charge >= 0.3 is 11.9 Å². The number of carbonyl (C=O) groups excluding carboxylic acids is 2. The first-order valence-electron chi connectivity index (χ1n) is 11.1. The van der Waals surface area contributed by atoms with Gasteiger partial charge < -0.3 is 9.84 Å². The van der Waals surface area contributed by atoms with E-state index in [4.69, 9.17) is 21.4 Å².